The minimum Gasteiger partial charge on any atom is -0.393 e. The number of carbonyl (C=O) groups excluding carboxylic acids is 1. The van der Waals surface area contributed by atoms with Gasteiger partial charge in [-0.05, 0) is 40.8 Å². The van der Waals surface area contributed by atoms with Gasteiger partial charge < -0.3 is 11.1 Å². The predicted octanol–water partition coefficient (Wildman–Crippen LogP) is 2.08. The third-order valence-corrected chi connectivity index (χ3v) is 3.53. The average Bonchev–Trinajstić information content (AvgIpc) is 2.25. The molecule has 0 fully saturated rings. The van der Waals surface area contributed by atoms with E-state index in [4.69, 9.17) is 18.0 Å². The summed E-state index contributed by atoms with van der Waals surface area (Å²) >= 11 is 6.73. The maximum Gasteiger partial charge on any atom is 0.252 e. The average molecular weight is 366 g/mol. The van der Waals surface area contributed by atoms with E-state index in [9.17, 15) is 9.18 Å². The molecule has 3 nitrogen and oxygen atoms in total. The molecule has 1 aromatic carbocycles. The van der Waals surface area contributed by atoms with Crippen molar-refractivity contribution in [1.82, 2.24) is 5.32 Å². The van der Waals surface area contributed by atoms with Gasteiger partial charge in [-0.2, -0.15) is 0 Å². The lowest BCUT2D eigenvalue weighted by Gasteiger charge is -2.11. The summed E-state index contributed by atoms with van der Waals surface area (Å²) in [4.78, 5) is 12.1. The van der Waals surface area contributed by atoms with Crippen molar-refractivity contribution in [3.05, 3.63) is 33.1 Å². The van der Waals surface area contributed by atoms with Gasteiger partial charge >= 0.3 is 0 Å². The van der Waals surface area contributed by atoms with E-state index in [0.717, 1.165) is 0 Å². The number of nitrogens with two attached hydrogens (primary N) is 1. The van der Waals surface area contributed by atoms with Crippen molar-refractivity contribution in [2.75, 3.05) is 6.54 Å². The Balaban J connectivity index is 2.67. The first-order valence-electron chi connectivity index (χ1n) is 4.94. The maximum absolute atomic E-state index is 12.9. The highest BCUT2D eigenvalue weighted by molar-refractivity contribution is 14.1. The molecule has 0 saturated carbocycles. The van der Waals surface area contributed by atoms with Crippen LogP contribution in [0.4, 0.5) is 4.39 Å². The SMILES string of the molecule is CC(CNC(=O)c1ccc(F)cc1I)C(N)=S. The van der Waals surface area contributed by atoms with Crippen molar-refractivity contribution in [2.24, 2.45) is 11.7 Å². The molecular formula is C11H12FIN2OS. The van der Waals surface area contributed by atoms with E-state index in [1.807, 2.05) is 29.5 Å². The largest absolute Gasteiger partial charge is 0.393 e. The fourth-order valence-electron chi connectivity index (χ4n) is 1.12. The van der Waals surface area contributed by atoms with Crippen LogP contribution in [0.1, 0.15) is 17.3 Å². The Bertz CT molecular complexity index is 453. The van der Waals surface area contributed by atoms with E-state index in [2.05, 4.69) is 5.32 Å². The van der Waals surface area contributed by atoms with Crippen LogP contribution in [-0.4, -0.2) is 17.4 Å². The number of carbonyl (C=O) groups is 1. The zero-order valence-corrected chi connectivity index (χ0v) is 12.1. The van der Waals surface area contributed by atoms with Gasteiger partial charge in [0.15, 0.2) is 0 Å². The molecular weight excluding hydrogens is 354 g/mol. The van der Waals surface area contributed by atoms with Gasteiger partial charge in [0.1, 0.15) is 5.82 Å². The Hall–Kier alpha value is -0.760. The molecule has 0 aliphatic heterocycles. The van der Waals surface area contributed by atoms with Gasteiger partial charge in [-0.3, -0.25) is 4.79 Å². The highest BCUT2D eigenvalue weighted by Crippen LogP contribution is 2.13. The van der Waals surface area contributed by atoms with Gasteiger partial charge in [-0.1, -0.05) is 19.1 Å². The Morgan fingerprint density at radius 2 is 2.29 bits per heavy atom. The second kappa shape index (κ2) is 6.25. The van der Waals surface area contributed by atoms with Crippen molar-refractivity contribution in [3.8, 4) is 0 Å². The number of halogens is 2. The van der Waals surface area contributed by atoms with Crippen LogP contribution in [0.5, 0.6) is 0 Å². The van der Waals surface area contributed by atoms with Crippen molar-refractivity contribution in [1.29, 1.82) is 0 Å². The number of benzene rings is 1. The van der Waals surface area contributed by atoms with Gasteiger partial charge in [-0.25, -0.2) is 4.39 Å². The quantitative estimate of drug-likeness (QED) is 0.634. The number of amides is 1. The Morgan fingerprint density at radius 1 is 1.65 bits per heavy atom. The van der Waals surface area contributed by atoms with Crippen LogP contribution in [0.25, 0.3) is 0 Å². The highest BCUT2D eigenvalue weighted by Gasteiger charge is 2.12. The molecule has 17 heavy (non-hydrogen) atoms. The molecule has 6 heteroatoms. The molecule has 0 radical (unpaired) electrons. The summed E-state index contributed by atoms with van der Waals surface area (Å²) in [5.41, 5.74) is 5.89. The second-order valence-corrected chi connectivity index (χ2v) is 5.27. The van der Waals surface area contributed by atoms with Crippen molar-refractivity contribution in [3.63, 3.8) is 0 Å². The van der Waals surface area contributed by atoms with Gasteiger partial charge in [0, 0.05) is 16.0 Å². The summed E-state index contributed by atoms with van der Waals surface area (Å²) in [7, 11) is 0. The third-order valence-electron chi connectivity index (χ3n) is 2.23. The number of thiocarbonyl (C=S) groups is 1. The molecule has 0 spiro atoms. The Kier molecular flexibility index (Phi) is 5.26. The second-order valence-electron chi connectivity index (χ2n) is 3.64. The van der Waals surface area contributed by atoms with E-state index >= 15 is 0 Å². The topological polar surface area (TPSA) is 55.1 Å². The lowest BCUT2D eigenvalue weighted by atomic mass is 10.1. The lowest BCUT2D eigenvalue weighted by Crippen LogP contribution is -2.34. The molecule has 1 rings (SSSR count). The van der Waals surface area contributed by atoms with Crippen LogP contribution in [-0.2, 0) is 0 Å². The number of nitrogens with one attached hydrogen (secondary N) is 1. The number of hydrogen-bond donors (Lipinski definition) is 2. The van der Waals surface area contributed by atoms with Gasteiger partial charge in [0.2, 0.25) is 0 Å². The van der Waals surface area contributed by atoms with Crippen molar-refractivity contribution in [2.45, 2.75) is 6.92 Å². The molecule has 0 bridgehead atoms. The Morgan fingerprint density at radius 3 is 2.82 bits per heavy atom. The van der Waals surface area contributed by atoms with Crippen LogP contribution in [0, 0.1) is 15.3 Å². The first-order chi connectivity index (χ1) is 7.91. The summed E-state index contributed by atoms with van der Waals surface area (Å²) < 4.78 is 13.4. The highest BCUT2D eigenvalue weighted by atomic mass is 127. The van der Waals surface area contributed by atoms with Crippen LogP contribution < -0.4 is 11.1 Å². The van der Waals surface area contributed by atoms with Gasteiger partial charge in [0.25, 0.3) is 5.91 Å². The molecule has 0 aliphatic carbocycles. The molecule has 92 valence electrons. The standard InChI is InChI=1S/C11H12FIN2OS/c1-6(10(14)17)5-15-11(16)8-3-2-7(12)4-9(8)13/h2-4,6H,5H2,1H3,(H2,14,17)(H,15,16). The predicted molar refractivity (Wildman–Crippen MR) is 77.4 cm³/mol. The minimum atomic E-state index is -0.359. The first-order valence-corrected chi connectivity index (χ1v) is 6.43. The molecule has 0 aliphatic rings. The minimum absolute atomic E-state index is 0.0629. The summed E-state index contributed by atoms with van der Waals surface area (Å²) in [5, 5.41) is 2.71. The molecule has 0 aromatic heterocycles. The van der Waals surface area contributed by atoms with E-state index in [1.54, 1.807) is 0 Å². The monoisotopic (exact) mass is 366 g/mol. The normalized spacial score (nSPS) is 11.9. The summed E-state index contributed by atoms with van der Waals surface area (Å²) in [6, 6.07) is 4.03. The fraction of sp³-hybridized carbons (Fsp3) is 0.273. The molecule has 0 saturated heterocycles. The van der Waals surface area contributed by atoms with Crippen LogP contribution in [0.3, 0.4) is 0 Å². The van der Waals surface area contributed by atoms with Crippen LogP contribution in [0.2, 0.25) is 0 Å². The van der Waals surface area contributed by atoms with E-state index < -0.39 is 0 Å². The number of hydrogen-bond acceptors (Lipinski definition) is 2. The third kappa shape index (κ3) is 4.19. The van der Waals surface area contributed by atoms with Crippen LogP contribution in [0.15, 0.2) is 18.2 Å². The molecule has 3 N–H and O–H groups in total. The molecule has 1 atom stereocenters. The maximum atomic E-state index is 12.9. The van der Waals surface area contributed by atoms with E-state index in [0.29, 0.717) is 20.7 Å². The smallest absolute Gasteiger partial charge is 0.252 e. The van der Waals surface area contributed by atoms with Gasteiger partial charge in [0.05, 0.1) is 10.6 Å². The van der Waals surface area contributed by atoms with E-state index in [1.165, 1.54) is 18.2 Å². The zero-order chi connectivity index (χ0) is 13.0. The molecule has 1 amide bonds. The summed E-state index contributed by atoms with van der Waals surface area (Å²) in [6.45, 7) is 2.21. The summed E-state index contributed by atoms with van der Waals surface area (Å²) in [6.07, 6.45) is 0. The molecule has 1 unspecified atom stereocenters. The molecule has 1 aromatic rings. The fourth-order valence-corrected chi connectivity index (χ4v) is 1.92. The van der Waals surface area contributed by atoms with Gasteiger partial charge in [-0.15, -0.1) is 0 Å². The number of rotatable bonds is 4. The van der Waals surface area contributed by atoms with Crippen LogP contribution >= 0.6 is 34.8 Å². The first kappa shape index (κ1) is 14.3. The Labute approximate surface area is 118 Å². The van der Waals surface area contributed by atoms with E-state index in [-0.39, 0.29) is 17.6 Å². The zero-order valence-electron chi connectivity index (χ0n) is 9.17. The lowest BCUT2D eigenvalue weighted by molar-refractivity contribution is 0.0950. The molecule has 0 heterocycles. The van der Waals surface area contributed by atoms with Crippen molar-refractivity contribution >= 4 is 45.7 Å². The van der Waals surface area contributed by atoms with Crippen molar-refractivity contribution < 1.29 is 9.18 Å². The summed E-state index contributed by atoms with van der Waals surface area (Å²) in [5.74, 6) is -0.674.